The largest absolute Gasteiger partial charge is 0.465 e. The van der Waals surface area contributed by atoms with Crippen molar-refractivity contribution in [2.75, 3.05) is 7.11 Å². The Morgan fingerprint density at radius 3 is 3.07 bits per heavy atom. The molecule has 1 N–H and O–H groups in total. The summed E-state index contributed by atoms with van der Waals surface area (Å²) in [6.45, 7) is 0. The van der Waals surface area contributed by atoms with Crippen molar-refractivity contribution in [3.05, 3.63) is 27.6 Å². The highest BCUT2D eigenvalue weighted by atomic mass is 32.1. The summed E-state index contributed by atoms with van der Waals surface area (Å²) in [5.41, 5.74) is -0.249. The summed E-state index contributed by atoms with van der Waals surface area (Å²) in [6, 6.07) is 1.48. The predicted molar refractivity (Wildman–Crippen MR) is 51.6 cm³/mol. The van der Waals surface area contributed by atoms with E-state index in [9.17, 15) is 9.59 Å². The standard InChI is InChI=1S/C8H6N2O3S/c1-13-8(12)5-2-4-6(11)9-3-10-7(4)14-5/h2-3H,1H3,(H,9,10,11). The van der Waals surface area contributed by atoms with Crippen LogP contribution in [-0.4, -0.2) is 23.0 Å². The number of carbonyl (C=O) groups is 1. The lowest BCUT2D eigenvalue weighted by molar-refractivity contribution is 0.0606. The molecule has 0 aliphatic rings. The first-order valence-corrected chi connectivity index (χ1v) is 4.59. The van der Waals surface area contributed by atoms with E-state index in [2.05, 4.69) is 14.7 Å². The molecule has 0 atom stereocenters. The summed E-state index contributed by atoms with van der Waals surface area (Å²) in [5.74, 6) is -0.451. The van der Waals surface area contributed by atoms with Gasteiger partial charge in [0.15, 0.2) is 0 Å². The molecule has 14 heavy (non-hydrogen) atoms. The van der Waals surface area contributed by atoms with E-state index in [4.69, 9.17) is 0 Å². The van der Waals surface area contributed by atoms with Gasteiger partial charge in [-0.15, -0.1) is 11.3 Å². The molecule has 2 rings (SSSR count). The molecule has 0 bridgehead atoms. The van der Waals surface area contributed by atoms with Crippen LogP contribution in [0.5, 0.6) is 0 Å². The molecule has 72 valence electrons. The number of thiophene rings is 1. The Morgan fingerprint density at radius 1 is 1.64 bits per heavy atom. The maximum Gasteiger partial charge on any atom is 0.348 e. The molecule has 2 aromatic rings. The molecule has 0 aromatic carbocycles. The summed E-state index contributed by atoms with van der Waals surface area (Å²) >= 11 is 1.14. The third-order valence-electron chi connectivity index (χ3n) is 1.72. The van der Waals surface area contributed by atoms with E-state index in [1.54, 1.807) is 0 Å². The summed E-state index contributed by atoms with van der Waals surface area (Å²) in [5, 5.41) is 0.415. The number of esters is 1. The number of H-pyrrole nitrogens is 1. The first-order chi connectivity index (χ1) is 6.72. The highest BCUT2D eigenvalue weighted by molar-refractivity contribution is 7.20. The number of rotatable bonds is 1. The molecule has 0 aliphatic heterocycles. The van der Waals surface area contributed by atoms with Crippen LogP contribution in [-0.2, 0) is 4.74 Å². The van der Waals surface area contributed by atoms with E-state index in [0.717, 1.165) is 11.3 Å². The van der Waals surface area contributed by atoms with Gasteiger partial charge in [-0.3, -0.25) is 4.79 Å². The van der Waals surface area contributed by atoms with Crippen molar-refractivity contribution in [3.8, 4) is 0 Å². The smallest absolute Gasteiger partial charge is 0.348 e. The molecule has 5 nitrogen and oxygen atoms in total. The zero-order valence-corrected chi connectivity index (χ0v) is 8.05. The average molecular weight is 210 g/mol. The van der Waals surface area contributed by atoms with Crippen LogP contribution >= 0.6 is 11.3 Å². The number of carbonyl (C=O) groups excluding carboxylic acids is 1. The van der Waals surface area contributed by atoms with Crippen molar-refractivity contribution >= 4 is 27.5 Å². The van der Waals surface area contributed by atoms with Crippen LogP contribution in [0.2, 0.25) is 0 Å². The lowest BCUT2D eigenvalue weighted by Gasteiger charge is -1.90. The van der Waals surface area contributed by atoms with Gasteiger partial charge in [0, 0.05) is 0 Å². The van der Waals surface area contributed by atoms with Gasteiger partial charge < -0.3 is 9.72 Å². The Kier molecular flexibility index (Phi) is 2.05. The van der Waals surface area contributed by atoms with Gasteiger partial charge in [0.25, 0.3) is 5.56 Å². The fourth-order valence-electron chi connectivity index (χ4n) is 1.07. The van der Waals surface area contributed by atoms with Crippen molar-refractivity contribution in [2.45, 2.75) is 0 Å². The number of hydrogen-bond donors (Lipinski definition) is 1. The molecule has 2 aromatic heterocycles. The minimum atomic E-state index is -0.451. The molecular formula is C8H6N2O3S. The van der Waals surface area contributed by atoms with Gasteiger partial charge in [-0.1, -0.05) is 0 Å². The molecule has 0 unspecified atom stereocenters. The predicted octanol–water partition coefficient (Wildman–Crippen LogP) is 0.771. The Balaban J connectivity index is 2.68. The molecule has 6 heteroatoms. The second-order valence-corrected chi connectivity index (χ2v) is 3.58. The van der Waals surface area contributed by atoms with Crippen molar-refractivity contribution in [3.63, 3.8) is 0 Å². The van der Waals surface area contributed by atoms with E-state index in [1.165, 1.54) is 19.5 Å². The van der Waals surface area contributed by atoms with Gasteiger partial charge in [0.05, 0.1) is 18.8 Å². The topological polar surface area (TPSA) is 72.1 Å². The number of nitrogens with one attached hydrogen (secondary N) is 1. The summed E-state index contributed by atoms with van der Waals surface area (Å²) < 4.78 is 4.54. The summed E-state index contributed by atoms with van der Waals surface area (Å²) in [6.07, 6.45) is 1.31. The normalized spacial score (nSPS) is 10.4. The third-order valence-corrected chi connectivity index (χ3v) is 2.74. The van der Waals surface area contributed by atoms with Crippen molar-refractivity contribution in [1.82, 2.24) is 9.97 Å². The van der Waals surface area contributed by atoms with Crippen molar-refractivity contribution < 1.29 is 9.53 Å². The maximum absolute atomic E-state index is 11.3. The molecule has 0 spiro atoms. The van der Waals surface area contributed by atoms with Gasteiger partial charge in [0.1, 0.15) is 9.71 Å². The Morgan fingerprint density at radius 2 is 2.43 bits per heavy atom. The Bertz CT molecular complexity index is 543. The van der Waals surface area contributed by atoms with Crippen LogP contribution in [0, 0.1) is 0 Å². The summed E-state index contributed by atoms with van der Waals surface area (Å²) in [4.78, 5) is 29.7. The van der Waals surface area contributed by atoms with Gasteiger partial charge in [-0.2, -0.15) is 0 Å². The zero-order chi connectivity index (χ0) is 10.1. The first-order valence-electron chi connectivity index (χ1n) is 3.78. The van der Waals surface area contributed by atoms with Crippen LogP contribution in [0.3, 0.4) is 0 Å². The van der Waals surface area contributed by atoms with Gasteiger partial charge in [-0.05, 0) is 6.07 Å². The second-order valence-electron chi connectivity index (χ2n) is 2.55. The number of methoxy groups -OCH3 is 1. The fraction of sp³-hybridized carbons (Fsp3) is 0.125. The van der Waals surface area contributed by atoms with Crippen LogP contribution in [0.1, 0.15) is 9.67 Å². The monoisotopic (exact) mass is 210 g/mol. The second kappa shape index (κ2) is 3.22. The van der Waals surface area contributed by atoms with E-state index in [-0.39, 0.29) is 5.56 Å². The quantitative estimate of drug-likeness (QED) is 0.706. The lowest BCUT2D eigenvalue weighted by atomic mass is 10.3. The molecule has 2 heterocycles. The molecule has 0 saturated heterocycles. The SMILES string of the molecule is COC(=O)c1cc2c(=O)[nH]cnc2s1. The number of hydrogen-bond acceptors (Lipinski definition) is 5. The average Bonchev–Trinajstić information content (AvgIpc) is 2.62. The fourth-order valence-corrected chi connectivity index (χ4v) is 1.99. The highest BCUT2D eigenvalue weighted by Crippen LogP contribution is 2.20. The number of aromatic nitrogens is 2. The highest BCUT2D eigenvalue weighted by Gasteiger charge is 2.12. The molecule has 0 fully saturated rings. The summed E-state index contributed by atoms with van der Waals surface area (Å²) in [7, 11) is 1.30. The number of nitrogens with zero attached hydrogens (tertiary/aromatic N) is 1. The minimum Gasteiger partial charge on any atom is -0.465 e. The Hall–Kier alpha value is -1.69. The maximum atomic E-state index is 11.3. The van der Waals surface area contributed by atoms with Crippen LogP contribution in [0.25, 0.3) is 10.2 Å². The zero-order valence-electron chi connectivity index (χ0n) is 7.23. The van der Waals surface area contributed by atoms with Gasteiger partial charge in [-0.25, -0.2) is 9.78 Å². The Labute approximate surface area is 82.4 Å². The van der Waals surface area contributed by atoms with E-state index in [1.807, 2.05) is 0 Å². The number of aromatic amines is 1. The van der Waals surface area contributed by atoms with Crippen molar-refractivity contribution in [2.24, 2.45) is 0 Å². The minimum absolute atomic E-state index is 0.249. The molecule has 0 radical (unpaired) electrons. The van der Waals surface area contributed by atoms with Gasteiger partial charge in [0.2, 0.25) is 0 Å². The molecule has 0 aliphatic carbocycles. The van der Waals surface area contributed by atoms with Crippen LogP contribution in [0.15, 0.2) is 17.2 Å². The molecular weight excluding hydrogens is 204 g/mol. The first kappa shape index (κ1) is 8.89. The van der Waals surface area contributed by atoms with Crippen molar-refractivity contribution in [1.29, 1.82) is 0 Å². The number of ether oxygens (including phenoxy) is 1. The lowest BCUT2D eigenvalue weighted by Crippen LogP contribution is -2.04. The van der Waals surface area contributed by atoms with Crippen LogP contribution < -0.4 is 5.56 Å². The van der Waals surface area contributed by atoms with E-state index < -0.39 is 5.97 Å². The van der Waals surface area contributed by atoms with E-state index in [0.29, 0.717) is 15.1 Å². The van der Waals surface area contributed by atoms with E-state index >= 15 is 0 Å². The van der Waals surface area contributed by atoms with Gasteiger partial charge >= 0.3 is 5.97 Å². The third kappa shape index (κ3) is 1.29. The molecule has 0 saturated carbocycles. The number of fused-ring (bicyclic) bond motifs is 1. The van der Waals surface area contributed by atoms with Crippen LogP contribution in [0.4, 0.5) is 0 Å². The molecule has 0 amide bonds.